The number of methoxy groups -OCH3 is 1. The fourth-order valence-corrected chi connectivity index (χ4v) is 6.04. The van der Waals surface area contributed by atoms with Crippen molar-refractivity contribution >= 4 is 59.7 Å². The van der Waals surface area contributed by atoms with E-state index in [0.717, 1.165) is 54.2 Å². The number of carbonyl (C=O) groups excluding carboxylic acids is 1. The third-order valence-electron chi connectivity index (χ3n) is 5.94. The third-order valence-corrected chi connectivity index (χ3v) is 8.10. The molecule has 9 nitrogen and oxygen atoms in total. The zero-order chi connectivity index (χ0) is 24.4. The summed E-state index contributed by atoms with van der Waals surface area (Å²) < 4.78 is 12.6. The molecule has 0 N–H and O–H groups in total. The minimum atomic E-state index is -0.425. The second-order valence-corrected chi connectivity index (χ2v) is 10.3. The van der Waals surface area contributed by atoms with Crippen LogP contribution in [0.3, 0.4) is 0 Å². The first-order valence-corrected chi connectivity index (χ1v) is 12.9. The van der Waals surface area contributed by atoms with Gasteiger partial charge in [0.25, 0.3) is 11.6 Å². The van der Waals surface area contributed by atoms with Crippen molar-refractivity contribution in [1.82, 2.24) is 9.88 Å². The molecular formula is C24H24N4O5S2. The van der Waals surface area contributed by atoms with Crippen molar-refractivity contribution in [2.75, 3.05) is 51.4 Å². The fraction of sp³-hybridized carbons (Fsp3) is 0.333. The SMILES string of the molecule is COc1ccc2sc(N(CCCN3CCOCC3)C(=O)c3cc4cc([N+](=O)[O-])ccc4s3)nc2c1. The Balaban J connectivity index is 1.44. The molecule has 1 saturated heterocycles. The number of thiophene rings is 1. The molecule has 5 rings (SSSR count). The Hall–Kier alpha value is -3.12. The standard InChI is InChI=1S/C24H24N4O5S2/c1-32-18-4-6-21-19(15-18)25-24(35-21)27(8-2-7-26-9-11-33-12-10-26)23(29)22-14-16-13-17(28(30)31)3-5-20(16)34-22/h3-6,13-15H,2,7-12H2,1H3. The van der Waals surface area contributed by atoms with Gasteiger partial charge in [0.15, 0.2) is 5.13 Å². The maximum Gasteiger partial charge on any atom is 0.270 e. The average molecular weight is 513 g/mol. The molecule has 0 radical (unpaired) electrons. The van der Waals surface area contributed by atoms with E-state index >= 15 is 0 Å². The number of aromatic nitrogens is 1. The van der Waals surface area contributed by atoms with Gasteiger partial charge in [-0.1, -0.05) is 11.3 Å². The summed E-state index contributed by atoms with van der Waals surface area (Å²) in [6.45, 7) is 4.63. The predicted octanol–water partition coefficient (Wildman–Crippen LogP) is 4.80. The maximum atomic E-state index is 13.7. The number of benzene rings is 2. The molecule has 1 amide bonds. The molecule has 2 aromatic heterocycles. The average Bonchev–Trinajstić information content (AvgIpc) is 3.50. The van der Waals surface area contributed by atoms with E-state index in [9.17, 15) is 14.9 Å². The van der Waals surface area contributed by atoms with Crippen LogP contribution in [0.2, 0.25) is 0 Å². The Morgan fingerprint density at radius 2 is 1.97 bits per heavy atom. The molecule has 1 aliphatic rings. The fourth-order valence-electron chi connectivity index (χ4n) is 4.08. The molecule has 182 valence electrons. The number of anilines is 1. The zero-order valence-corrected chi connectivity index (χ0v) is 20.8. The third kappa shape index (κ3) is 5.13. The van der Waals surface area contributed by atoms with E-state index in [0.29, 0.717) is 27.7 Å². The van der Waals surface area contributed by atoms with E-state index in [4.69, 9.17) is 14.5 Å². The summed E-state index contributed by atoms with van der Waals surface area (Å²) >= 11 is 2.81. The number of amides is 1. The first kappa shape index (κ1) is 23.6. The van der Waals surface area contributed by atoms with Gasteiger partial charge in [-0.05, 0) is 30.7 Å². The molecule has 1 fully saturated rings. The highest BCUT2D eigenvalue weighted by Crippen LogP contribution is 2.34. The smallest absolute Gasteiger partial charge is 0.270 e. The summed E-state index contributed by atoms with van der Waals surface area (Å²) in [4.78, 5) is 33.8. The van der Waals surface area contributed by atoms with Gasteiger partial charge >= 0.3 is 0 Å². The molecule has 0 bridgehead atoms. The van der Waals surface area contributed by atoms with Gasteiger partial charge in [0.05, 0.1) is 40.3 Å². The highest BCUT2D eigenvalue weighted by Gasteiger charge is 2.24. The highest BCUT2D eigenvalue weighted by atomic mass is 32.1. The second kappa shape index (κ2) is 10.2. The molecule has 35 heavy (non-hydrogen) atoms. The van der Waals surface area contributed by atoms with Crippen molar-refractivity contribution in [2.45, 2.75) is 6.42 Å². The molecule has 0 atom stereocenters. The largest absolute Gasteiger partial charge is 0.497 e. The van der Waals surface area contributed by atoms with E-state index in [1.807, 2.05) is 18.2 Å². The van der Waals surface area contributed by atoms with Gasteiger partial charge in [-0.2, -0.15) is 0 Å². The summed E-state index contributed by atoms with van der Waals surface area (Å²) in [7, 11) is 1.61. The Bertz CT molecular complexity index is 1380. The van der Waals surface area contributed by atoms with Crippen LogP contribution in [-0.4, -0.2) is 67.2 Å². The van der Waals surface area contributed by atoms with Crippen LogP contribution in [0.4, 0.5) is 10.8 Å². The lowest BCUT2D eigenvalue weighted by molar-refractivity contribution is -0.384. The summed E-state index contributed by atoms with van der Waals surface area (Å²) in [5.74, 6) is 0.562. The minimum Gasteiger partial charge on any atom is -0.497 e. The number of thiazole rings is 1. The van der Waals surface area contributed by atoms with Crippen molar-refractivity contribution in [1.29, 1.82) is 0 Å². The number of nitrogens with zero attached hydrogens (tertiary/aromatic N) is 4. The molecule has 1 aliphatic heterocycles. The Kier molecular flexibility index (Phi) is 6.91. The highest BCUT2D eigenvalue weighted by molar-refractivity contribution is 7.23. The van der Waals surface area contributed by atoms with Crippen molar-refractivity contribution in [2.24, 2.45) is 0 Å². The molecule has 0 aliphatic carbocycles. The van der Waals surface area contributed by atoms with Gasteiger partial charge in [-0.3, -0.25) is 24.7 Å². The topological polar surface area (TPSA) is 98.0 Å². The van der Waals surface area contributed by atoms with Gasteiger partial charge < -0.3 is 9.47 Å². The van der Waals surface area contributed by atoms with Gasteiger partial charge in [-0.25, -0.2) is 4.98 Å². The molecule has 0 spiro atoms. The normalized spacial score (nSPS) is 14.4. The molecular weight excluding hydrogens is 488 g/mol. The first-order chi connectivity index (χ1) is 17.0. The summed E-state index contributed by atoms with van der Waals surface area (Å²) in [5.41, 5.74) is 0.791. The zero-order valence-electron chi connectivity index (χ0n) is 19.1. The van der Waals surface area contributed by atoms with Crippen molar-refractivity contribution in [3.63, 3.8) is 0 Å². The van der Waals surface area contributed by atoms with E-state index in [1.54, 1.807) is 24.1 Å². The van der Waals surface area contributed by atoms with Crippen molar-refractivity contribution < 1.29 is 19.2 Å². The number of nitro groups is 1. The maximum absolute atomic E-state index is 13.7. The number of carbonyl (C=O) groups is 1. The Labute approximate surface area is 209 Å². The molecule has 3 heterocycles. The van der Waals surface area contributed by atoms with E-state index in [2.05, 4.69) is 4.90 Å². The molecule has 4 aromatic rings. The second-order valence-electron chi connectivity index (χ2n) is 8.18. The van der Waals surface area contributed by atoms with Crippen LogP contribution in [0.15, 0.2) is 42.5 Å². The van der Waals surface area contributed by atoms with Crippen LogP contribution < -0.4 is 9.64 Å². The number of rotatable bonds is 8. The van der Waals surface area contributed by atoms with E-state index < -0.39 is 4.92 Å². The Morgan fingerprint density at radius 3 is 2.74 bits per heavy atom. The van der Waals surface area contributed by atoms with Crippen LogP contribution in [-0.2, 0) is 4.74 Å². The van der Waals surface area contributed by atoms with E-state index in [1.165, 1.54) is 34.8 Å². The molecule has 2 aromatic carbocycles. The van der Waals surface area contributed by atoms with Crippen LogP contribution in [0, 0.1) is 10.1 Å². The number of morpholine rings is 1. The van der Waals surface area contributed by atoms with Gasteiger partial charge in [0.2, 0.25) is 0 Å². The van der Waals surface area contributed by atoms with Crippen LogP contribution >= 0.6 is 22.7 Å². The molecule has 11 heteroatoms. The summed E-state index contributed by atoms with van der Waals surface area (Å²) in [6, 6.07) is 12.1. The predicted molar refractivity (Wildman–Crippen MR) is 138 cm³/mol. The number of ether oxygens (including phenoxy) is 2. The lowest BCUT2D eigenvalue weighted by Gasteiger charge is -2.27. The lowest BCUT2D eigenvalue weighted by atomic mass is 10.2. The monoisotopic (exact) mass is 512 g/mol. The molecule has 0 saturated carbocycles. The number of hydrogen-bond donors (Lipinski definition) is 0. The van der Waals surface area contributed by atoms with Crippen LogP contribution in [0.1, 0.15) is 16.1 Å². The minimum absolute atomic E-state index is 0.0109. The first-order valence-electron chi connectivity index (χ1n) is 11.3. The van der Waals surface area contributed by atoms with Crippen molar-refractivity contribution in [3.8, 4) is 5.75 Å². The number of non-ortho nitro benzene ring substituents is 1. The quantitative estimate of drug-likeness (QED) is 0.247. The number of nitro benzene ring substituents is 1. The lowest BCUT2D eigenvalue weighted by Crippen LogP contribution is -2.39. The van der Waals surface area contributed by atoms with Gasteiger partial charge in [-0.15, -0.1) is 11.3 Å². The van der Waals surface area contributed by atoms with Gasteiger partial charge in [0, 0.05) is 54.5 Å². The number of hydrogen-bond acceptors (Lipinski definition) is 9. The summed E-state index contributed by atoms with van der Waals surface area (Å²) in [5, 5.41) is 12.5. The summed E-state index contributed by atoms with van der Waals surface area (Å²) in [6.07, 6.45) is 0.793. The number of fused-ring (bicyclic) bond motifs is 2. The molecule has 0 unspecified atom stereocenters. The van der Waals surface area contributed by atoms with Crippen LogP contribution in [0.25, 0.3) is 20.3 Å². The Morgan fingerprint density at radius 1 is 1.17 bits per heavy atom. The van der Waals surface area contributed by atoms with Crippen LogP contribution in [0.5, 0.6) is 5.75 Å². The van der Waals surface area contributed by atoms with E-state index in [-0.39, 0.29) is 11.6 Å². The van der Waals surface area contributed by atoms with Gasteiger partial charge in [0.1, 0.15) is 5.75 Å². The van der Waals surface area contributed by atoms with Crippen molar-refractivity contribution in [3.05, 3.63) is 57.5 Å².